The molecule has 0 bridgehead atoms. The summed E-state index contributed by atoms with van der Waals surface area (Å²) in [5, 5.41) is 16.7. The van der Waals surface area contributed by atoms with Gasteiger partial charge in [-0.2, -0.15) is 0 Å². The van der Waals surface area contributed by atoms with Gasteiger partial charge in [0, 0.05) is 37.3 Å². The Hall–Kier alpha value is -2.35. The number of carboxylic acids is 2. The van der Waals surface area contributed by atoms with Crippen LogP contribution in [0, 0.1) is 0 Å². The molecule has 2 aliphatic heterocycles. The Morgan fingerprint density at radius 2 is 1.70 bits per heavy atom. The lowest BCUT2D eigenvalue weighted by atomic mass is 10.00. The number of carbonyl (C=O) groups is 3. The summed E-state index contributed by atoms with van der Waals surface area (Å²) in [5.74, 6) is -2.32. The van der Waals surface area contributed by atoms with Crippen molar-refractivity contribution in [3.8, 4) is 0 Å². The molecule has 33 heavy (non-hydrogen) atoms. The van der Waals surface area contributed by atoms with Crippen LogP contribution in [0.3, 0.4) is 0 Å². The summed E-state index contributed by atoms with van der Waals surface area (Å²) < 4.78 is 0. The molecule has 2 aliphatic rings. The quantitative estimate of drug-likeness (QED) is 0.431. The Balaban J connectivity index is 0.000000414. The Morgan fingerprint density at radius 3 is 2.30 bits per heavy atom. The number of hydrogen-bond acceptors (Lipinski definition) is 4. The van der Waals surface area contributed by atoms with Crippen LogP contribution in [0.2, 0.25) is 10.0 Å². The van der Waals surface area contributed by atoms with Crippen LogP contribution >= 0.6 is 23.2 Å². The van der Waals surface area contributed by atoms with E-state index >= 15 is 0 Å². The highest BCUT2D eigenvalue weighted by Crippen LogP contribution is 2.26. The molecule has 2 fully saturated rings. The van der Waals surface area contributed by atoms with Crippen molar-refractivity contribution < 1.29 is 24.6 Å². The minimum atomic E-state index is -1.26. The van der Waals surface area contributed by atoms with Crippen molar-refractivity contribution in [3.05, 3.63) is 58.6 Å². The number of carboxylic acid groups (broad SMARTS) is 2. The fraction of sp³-hybridized carbons (Fsp3) is 0.458. The smallest absolute Gasteiger partial charge is 0.328 e. The molecule has 180 valence electrons. The van der Waals surface area contributed by atoms with Gasteiger partial charge in [-0.25, -0.2) is 9.59 Å². The van der Waals surface area contributed by atoms with Crippen molar-refractivity contribution in [3.63, 3.8) is 0 Å². The Kier molecular flexibility index (Phi) is 10.9. The fourth-order valence-corrected chi connectivity index (χ4v) is 4.52. The molecule has 0 aliphatic carbocycles. The van der Waals surface area contributed by atoms with E-state index < -0.39 is 11.9 Å². The van der Waals surface area contributed by atoms with E-state index in [1.54, 1.807) is 12.1 Å². The maximum Gasteiger partial charge on any atom is 0.328 e. The van der Waals surface area contributed by atoms with Gasteiger partial charge in [0.1, 0.15) is 0 Å². The summed E-state index contributed by atoms with van der Waals surface area (Å²) in [5.41, 5.74) is 0.925. The second-order valence-corrected chi connectivity index (χ2v) is 8.93. The maximum absolute atomic E-state index is 12.9. The van der Waals surface area contributed by atoms with Gasteiger partial charge in [0.25, 0.3) is 0 Å². The predicted octanol–water partition coefficient (Wildman–Crippen LogP) is 4.28. The number of benzene rings is 1. The third-order valence-corrected chi connectivity index (χ3v) is 6.53. The zero-order valence-corrected chi connectivity index (χ0v) is 20.0. The van der Waals surface area contributed by atoms with Crippen molar-refractivity contribution in [2.24, 2.45) is 0 Å². The van der Waals surface area contributed by atoms with Gasteiger partial charge in [-0.1, -0.05) is 35.3 Å². The molecule has 0 aromatic heterocycles. The summed E-state index contributed by atoms with van der Waals surface area (Å²) in [4.78, 5) is 36.6. The van der Waals surface area contributed by atoms with Crippen LogP contribution in [0.4, 0.5) is 0 Å². The van der Waals surface area contributed by atoms with E-state index in [9.17, 15) is 14.4 Å². The summed E-state index contributed by atoms with van der Waals surface area (Å²) in [6.45, 7) is 6.90. The molecule has 3 rings (SSSR count). The van der Waals surface area contributed by atoms with Gasteiger partial charge < -0.3 is 15.1 Å². The first-order chi connectivity index (χ1) is 15.7. The second kappa shape index (κ2) is 13.4. The van der Waals surface area contributed by atoms with E-state index in [1.165, 1.54) is 19.3 Å². The van der Waals surface area contributed by atoms with Crippen molar-refractivity contribution in [2.45, 2.75) is 50.6 Å². The van der Waals surface area contributed by atoms with E-state index in [1.807, 2.05) is 6.07 Å². The largest absolute Gasteiger partial charge is 0.478 e. The number of aliphatic carboxylic acids is 2. The van der Waals surface area contributed by atoms with Gasteiger partial charge in [-0.15, -0.1) is 6.58 Å². The molecular formula is C24H30Cl2N2O5. The monoisotopic (exact) mass is 496 g/mol. The van der Waals surface area contributed by atoms with Gasteiger partial charge in [0.15, 0.2) is 0 Å². The first-order valence-corrected chi connectivity index (χ1v) is 11.7. The number of likely N-dealkylation sites (tertiary alicyclic amines) is 2. The number of carbonyl (C=O) groups excluding carboxylic acids is 1. The van der Waals surface area contributed by atoms with E-state index in [0.717, 1.165) is 38.0 Å². The Bertz CT molecular complexity index is 874. The highest BCUT2D eigenvalue weighted by Gasteiger charge is 2.31. The standard InChI is InChI=1S/C20H26Cl2N2O.C4H4O4/c1-2-16-7-5-10-23(16)14-17-6-3-4-11-24(17)20(25)13-15-8-9-18(21)19(22)12-15;5-3(6)1-2-4(7)8/h2,8-9,12,16-17H,1,3-7,10-11,13-14H2;1-2H,(H,5,6)(H,7,8). The number of amides is 1. The summed E-state index contributed by atoms with van der Waals surface area (Å²) >= 11 is 12.1. The van der Waals surface area contributed by atoms with Crippen LogP contribution in [0.5, 0.6) is 0 Å². The summed E-state index contributed by atoms with van der Waals surface area (Å²) in [6, 6.07) is 6.23. The molecule has 0 spiro atoms. The average molecular weight is 497 g/mol. The highest BCUT2D eigenvalue weighted by molar-refractivity contribution is 6.42. The van der Waals surface area contributed by atoms with Gasteiger partial charge >= 0.3 is 11.9 Å². The van der Waals surface area contributed by atoms with Gasteiger partial charge in [-0.05, 0) is 56.3 Å². The van der Waals surface area contributed by atoms with Crippen LogP contribution < -0.4 is 0 Å². The number of rotatable bonds is 7. The molecule has 2 saturated heterocycles. The highest BCUT2D eigenvalue weighted by atomic mass is 35.5. The molecule has 2 atom stereocenters. The van der Waals surface area contributed by atoms with E-state index in [2.05, 4.69) is 22.5 Å². The van der Waals surface area contributed by atoms with Crippen LogP contribution in [0.25, 0.3) is 0 Å². The number of nitrogens with zero attached hydrogens (tertiary/aromatic N) is 2. The molecule has 1 aromatic carbocycles. The van der Waals surface area contributed by atoms with Gasteiger partial charge in [0.2, 0.25) is 5.91 Å². The molecule has 2 unspecified atom stereocenters. The zero-order chi connectivity index (χ0) is 24.4. The molecule has 2 heterocycles. The molecule has 7 nitrogen and oxygen atoms in total. The van der Waals surface area contributed by atoms with Crippen molar-refractivity contribution in [1.82, 2.24) is 9.80 Å². The van der Waals surface area contributed by atoms with Crippen molar-refractivity contribution in [2.75, 3.05) is 19.6 Å². The molecule has 0 radical (unpaired) electrons. The molecule has 9 heteroatoms. The molecule has 1 amide bonds. The van der Waals surface area contributed by atoms with Crippen LogP contribution in [0.1, 0.15) is 37.7 Å². The third kappa shape index (κ3) is 8.84. The van der Waals surface area contributed by atoms with Crippen LogP contribution in [-0.2, 0) is 20.8 Å². The van der Waals surface area contributed by atoms with E-state index in [0.29, 0.717) is 40.7 Å². The second-order valence-electron chi connectivity index (χ2n) is 8.11. The lowest BCUT2D eigenvalue weighted by Gasteiger charge is -2.39. The first-order valence-electron chi connectivity index (χ1n) is 10.9. The number of halogens is 2. The lowest BCUT2D eigenvalue weighted by molar-refractivity contribution is -0.134. The topological polar surface area (TPSA) is 98.2 Å². The van der Waals surface area contributed by atoms with Crippen LogP contribution in [0.15, 0.2) is 43.0 Å². The first kappa shape index (κ1) is 26.9. The van der Waals surface area contributed by atoms with E-state index in [4.69, 9.17) is 33.4 Å². The predicted molar refractivity (Wildman–Crippen MR) is 129 cm³/mol. The van der Waals surface area contributed by atoms with Gasteiger partial charge in [0.05, 0.1) is 16.5 Å². The summed E-state index contributed by atoms with van der Waals surface area (Å²) in [6.07, 6.45) is 9.35. The third-order valence-electron chi connectivity index (χ3n) is 5.79. The molecule has 0 saturated carbocycles. The van der Waals surface area contributed by atoms with Crippen LogP contribution in [-0.4, -0.2) is 69.6 Å². The SMILES string of the molecule is C=CC1CCCN1CC1CCCCN1C(=O)Cc1ccc(Cl)c(Cl)c1.O=C(O)C=CC(=O)O. The van der Waals surface area contributed by atoms with E-state index in [-0.39, 0.29) is 5.91 Å². The fourth-order valence-electron chi connectivity index (χ4n) is 4.20. The molecule has 2 N–H and O–H groups in total. The lowest BCUT2D eigenvalue weighted by Crippen LogP contribution is -2.50. The van der Waals surface area contributed by atoms with Gasteiger partial charge in [-0.3, -0.25) is 9.69 Å². The van der Waals surface area contributed by atoms with Crippen molar-refractivity contribution in [1.29, 1.82) is 0 Å². The number of hydrogen-bond donors (Lipinski definition) is 2. The Labute approximate surface area is 204 Å². The maximum atomic E-state index is 12.9. The average Bonchev–Trinajstić information content (AvgIpc) is 3.23. The molecular weight excluding hydrogens is 467 g/mol. The normalized spacial score (nSPS) is 20.8. The Morgan fingerprint density at radius 1 is 1.00 bits per heavy atom. The number of piperidine rings is 1. The minimum absolute atomic E-state index is 0.192. The van der Waals surface area contributed by atoms with Crippen molar-refractivity contribution >= 4 is 41.0 Å². The molecule has 1 aromatic rings. The summed E-state index contributed by atoms with van der Waals surface area (Å²) in [7, 11) is 0. The zero-order valence-electron chi connectivity index (χ0n) is 18.5. The minimum Gasteiger partial charge on any atom is -0.478 e.